The average molecular weight is 291 g/mol. The number of rotatable bonds is 5. The van der Waals surface area contributed by atoms with Crippen LogP contribution in [0.25, 0.3) is 0 Å². The van der Waals surface area contributed by atoms with Gasteiger partial charge in [-0.15, -0.1) is 0 Å². The van der Waals surface area contributed by atoms with Crippen molar-refractivity contribution in [3.05, 3.63) is 64.7 Å². The molecule has 1 atom stereocenters. The molecule has 2 aromatic carbocycles. The first kappa shape index (κ1) is 15.4. The Kier molecular flexibility index (Phi) is 4.91. The first-order valence-corrected chi connectivity index (χ1v) is 6.81. The molecule has 0 radical (unpaired) electrons. The highest BCUT2D eigenvalue weighted by atomic mass is 19.3. The van der Waals surface area contributed by atoms with E-state index in [4.69, 9.17) is 0 Å². The van der Waals surface area contributed by atoms with Crippen LogP contribution in [0.15, 0.2) is 42.5 Å². The minimum atomic E-state index is -2.81. The summed E-state index contributed by atoms with van der Waals surface area (Å²) >= 11 is 0. The lowest BCUT2D eigenvalue weighted by Gasteiger charge is -2.21. The Labute approximate surface area is 123 Å². The van der Waals surface area contributed by atoms with Gasteiger partial charge in [0, 0.05) is 0 Å². The summed E-state index contributed by atoms with van der Waals surface area (Å²) < 4.78 is 29.2. The highest BCUT2D eigenvalue weighted by Crippen LogP contribution is 2.28. The van der Waals surface area contributed by atoms with Crippen LogP contribution in [0.5, 0.6) is 5.75 Å². The molecule has 0 heterocycles. The Bertz CT molecular complexity index is 613. The van der Waals surface area contributed by atoms with Gasteiger partial charge in [-0.1, -0.05) is 30.3 Å². The second-order valence-electron chi connectivity index (χ2n) is 4.96. The molecule has 0 amide bonds. The number of ether oxygens (including phenoxy) is 1. The van der Waals surface area contributed by atoms with Crippen molar-refractivity contribution in [1.29, 1.82) is 0 Å². The highest BCUT2D eigenvalue weighted by Gasteiger charge is 2.16. The molecular formula is C17H19F2NO. The summed E-state index contributed by atoms with van der Waals surface area (Å²) in [6.07, 6.45) is 0. The molecule has 0 aliphatic carbocycles. The average Bonchev–Trinajstić information content (AvgIpc) is 2.44. The fourth-order valence-electron chi connectivity index (χ4n) is 2.46. The highest BCUT2D eigenvalue weighted by molar-refractivity contribution is 5.42. The Morgan fingerprint density at radius 3 is 2.43 bits per heavy atom. The van der Waals surface area contributed by atoms with Gasteiger partial charge in [0.25, 0.3) is 0 Å². The van der Waals surface area contributed by atoms with Crippen molar-refractivity contribution < 1.29 is 13.5 Å². The van der Waals surface area contributed by atoms with E-state index in [-0.39, 0.29) is 11.8 Å². The number of benzene rings is 2. The van der Waals surface area contributed by atoms with Crippen LogP contribution in [0, 0.1) is 13.8 Å². The van der Waals surface area contributed by atoms with Crippen LogP contribution in [0.4, 0.5) is 8.78 Å². The minimum absolute atomic E-state index is 0.0638. The molecule has 0 aliphatic rings. The van der Waals surface area contributed by atoms with E-state index in [1.807, 2.05) is 25.2 Å². The van der Waals surface area contributed by atoms with Crippen LogP contribution in [0.1, 0.15) is 28.3 Å². The molecule has 0 aromatic heterocycles. The van der Waals surface area contributed by atoms with Crippen molar-refractivity contribution in [2.45, 2.75) is 26.5 Å². The van der Waals surface area contributed by atoms with E-state index in [1.54, 1.807) is 12.1 Å². The Morgan fingerprint density at radius 1 is 1.05 bits per heavy atom. The summed E-state index contributed by atoms with van der Waals surface area (Å²) in [6, 6.07) is 12.9. The van der Waals surface area contributed by atoms with Crippen LogP contribution < -0.4 is 10.1 Å². The molecule has 0 saturated heterocycles. The standard InChI is InChI=1S/C17H19F2NO/c1-11-6-4-9-15(12(11)2)16(20-3)13-7-5-8-14(10-13)21-17(18)19/h4-10,16-17,20H,1-3H3. The maximum Gasteiger partial charge on any atom is 0.387 e. The number of hydrogen-bond acceptors (Lipinski definition) is 2. The number of nitrogens with one attached hydrogen (secondary N) is 1. The van der Waals surface area contributed by atoms with Gasteiger partial charge < -0.3 is 10.1 Å². The van der Waals surface area contributed by atoms with Gasteiger partial charge in [0.15, 0.2) is 0 Å². The summed E-state index contributed by atoms with van der Waals surface area (Å²) in [5.41, 5.74) is 4.42. The van der Waals surface area contributed by atoms with Crippen molar-refractivity contribution in [2.24, 2.45) is 0 Å². The largest absolute Gasteiger partial charge is 0.435 e. The fourth-order valence-corrected chi connectivity index (χ4v) is 2.46. The predicted octanol–water partition coefficient (Wildman–Crippen LogP) is 4.21. The van der Waals surface area contributed by atoms with Gasteiger partial charge in [0.2, 0.25) is 0 Å². The predicted molar refractivity (Wildman–Crippen MR) is 79.9 cm³/mol. The summed E-state index contributed by atoms with van der Waals surface area (Å²) in [5, 5.41) is 3.24. The van der Waals surface area contributed by atoms with Crippen molar-refractivity contribution in [1.82, 2.24) is 5.32 Å². The van der Waals surface area contributed by atoms with E-state index in [0.29, 0.717) is 0 Å². The zero-order valence-electron chi connectivity index (χ0n) is 12.4. The maximum atomic E-state index is 12.3. The van der Waals surface area contributed by atoms with Gasteiger partial charge in [-0.25, -0.2) is 0 Å². The molecule has 2 rings (SSSR count). The van der Waals surface area contributed by atoms with Gasteiger partial charge >= 0.3 is 6.61 Å². The van der Waals surface area contributed by atoms with Gasteiger partial charge in [-0.2, -0.15) is 8.78 Å². The first-order valence-electron chi connectivity index (χ1n) is 6.81. The van der Waals surface area contributed by atoms with Crippen molar-refractivity contribution in [3.8, 4) is 5.75 Å². The summed E-state index contributed by atoms with van der Waals surface area (Å²) in [5.74, 6) is 0.174. The molecule has 1 unspecified atom stereocenters. The van der Waals surface area contributed by atoms with Crippen molar-refractivity contribution in [3.63, 3.8) is 0 Å². The maximum absolute atomic E-state index is 12.3. The zero-order valence-corrected chi connectivity index (χ0v) is 12.4. The SMILES string of the molecule is CNC(c1cccc(OC(F)F)c1)c1cccc(C)c1C. The monoisotopic (exact) mass is 291 g/mol. The fraction of sp³-hybridized carbons (Fsp3) is 0.294. The first-order chi connectivity index (χ1) is 10.0. The summed E-state index contributed by atoms with van der Waals surface area (Å²) in [4.78, 5) is 0. The molecule has 112 valence electrons. The molecule has 1 N–H and O–H groups in total. The van der Waals surface area contributed by atoms with E-state index in [1.165, 1.54) is 17.2 Å². The van der Waals surface area contributed by atoms with Gasteiger partial charge in [-0.05, 0) is 55.3 Å². The second-order valence-corrected chi connectivity index (χ2v) is 4.96. The number of halogens is 2. The molecule has 0 fully saturated rings. The van der Waals surface area contributed by atoms with Crippen molar-refractivity contribution >= 4 is 0 Å². The van der Waals surface area contributed by atoms with Gasteiger partial charge in [0.05, 0.1) is 6.04 Å². The van der Waals surface area contributed by atoms with E-state index in [9.17, 15) is 8.78 Å². The van der Waals surface area contributed by atoms with E-state index < -0.39 is 6.61 Å². The third-order valence-electron chi connectivity index (χ3n) is 3.66. The van der Waals surface area contributed by atoms with Gasteiger partial charge in [-0.3, -0.25) is 0 Å². The molecule has 0 saturated carbocycles. The van der Waals surface area contributed by atoms with Gasteiger partial charge in [0.1, 0.15) is 5.75 Å². The summed E-state index contributed by atoms with van der Waals surface area (Å²) in [7, 11) is 1.85. The lowest BCUT2D eigenvalue weighted by atomic mass is 9.93. The Morgan fingerprint density at radius 2 is 1.76 bits per heavy atom. The molecule has 2 aromatic rings. The van der Waals surface area contributed by atoms with Crippen LogP contribution in [-0.4, -0.2) is 13.7 Å². The molecule has 0 bridgehead atoms. The smallest absolute Gasteiger partial charge is 0.387 e. The molecular weight excluding hydrogens is 272 g/mol. The summed E-state index contributed by atoms with van der Waals surface area (Å²) in [6.45, 7) is 1.31. The quantitative estimate of drug-likeness (QED) is 0.891. The van der Waals surface area contributed by atoms with Crippen LogP contribution in [-0.2, 0) is 0 Å². The molecule has 2 nitrogen and oxygen atoms in total. The van der Waals surface area contributed by atoms with E-state index in [0.717, 1.165) is 11.1 Å². The zero-order chi connectivity index (χ0) is 15.4. The normalized spacial score (nSPS) is 12.5. The van der Waals surface area contributed by atoms with Crippen LogP contribution in [0.2, 0.25) is 0 Å². The number of alkyl halides is 2. The third-order valence-corrected chi connectivity index (χ3v) is 3.66. The third kappa shape index (κ3) is 3.58. The lowest BCUT2D eigenvalue weighted by Crippen LogP contribution is -2.19. The van der Waals surface area contributed by atoms with E-state index >= 15 is 0 Å². The Balaban J connectivity index is 2.39. The number of aryl methyl sites for hydroxylation is 1. The molecule has 21 heavy (non-hydrogen) atoms. The number of hydrogen-bond donors (Lipinski definition) is 1. The molecule has 0 aliphatic heterocycles. The van der Waals surface area contributed by atoms with E-state index in [2.05, 4.69) is 30.0 Å². The van der Waals surface area contributed by atoms with Crippen LogP contribution in [0.3, 0.4) is 0 Å². The Hall–Kier alpha value is -1.94. The molecule has 4 heteroatoms. The molecule has 0 spiro atoms. The topological polar surface area (TPSA) is 21.3 Å². The minimum Gasteiger partial charge on any atom is -0.435 e. The van der Waals surface area contributed by atoms with Crippen molar-refractivity contribution in [2.75, 3.05) is 7.05 Å². The lowest BCUT2D eigenvalue weighted by molar-refractivity contribution is -0.0498. The van der Waals surface area contributed by atoms with Crippen LogP contribution >= 0.6 is 0 Å². The second kappa shape index (κ2) is 6.68.